The molecular weight excluding hydrogens is 346 g/mol. The summed E-state index contributed by atoms with van der Waals surface area (Å²) in [6, 6.07) is 8.51. The van der Waals surface area contributed by atoms with E-state index in [1.807, 2.05) is 0 Å². The zero-order valence-corrected chi connectivity index (χ0v) is 13.7. The Morgan fingerprint density at radius 3 is 2.68 bits per heavy atom. The van der Waals surface area contributed by atoms with Gasteiger partial charge in [0.1, 0.15) is 0 Å². The van der Waals surface area contributed by atoms with E-state index in [2.05, 4.69) is 10.3 Å². The first kappa shape index (κ1) is 16.5. The highest BCUT2D eigenvalue weighted by Crippen LogP contribution is 2.28. The Kier molecular flexibility index (Phi) is 4.15. The third-order valence-electron chi connectivity index (χ3n) is 3.53. The van der Waals surface area contributed by atoms with E-state index in [0.29, 0.717) is 15.8 Å². The maximum Gasteiger partial charge on any atom is 0.335 e. The summed E-state index contributed by atoms with van der Waals surface area (Å²) >= 11 is 1.13. The lowest BCUT2D eigenvalue weighted by molar-refractivity contribution is -0.384. The van der Waals surface area contributed by atoms with Crippen LogP contribution in [0.3, 0.4) is 0 Å². The van der Waals surface area contributed by atoms with Gasteiger partial charge in [-0.1, -0.05) is 17.4 Å². The normalized spacial score (nSPS) is 10.6. The number of benzene rings is 2. The second-order valence-electron chi connectivity index (χ2n) is 5.22. The molecule has 2 aromatic carbocycles. The van der Waals surface area contributed by atoms with Crippen molar-refractivity contribution in [1.82, 2.24) is 4.98 Å². The lowest BCUT2D eigenvalue weighted by Gasteiger charge is -2.05. The molecule has 0 fully saturated rings. The first-order valence-corrected chi connectivity index (χ1v) is 7.87. The SMILES string of the molecule is Cc1ccc([N+](=O)[O-])cc1C(=O)Nc1nc2ccc(C(=O)O)cc2s1. The fourth-order valence-corrected chi connectivity index (χ4v) is 3.14. The number of nitrogens with one attached hydrogen (secondary N) is 1. The smallest absolute Gasteiger partial charge is 0.335 e. The van der Waals surface area contributed by atoms with Gasteiger partial charge in [0.15, 0.2) is 5.13 Å². The van der Waals surface area contributed by atoms with Crippen LogP contribution in [0.15, 0.2) is 36.4 Å². The summed E-state index contributed by atoms with van der Waals surface area (Å²) in [6.07, 6.45) is 0. The molecule has 9 heteroatoms. The summed E-state index contributed by atoms with van der Waals surface area (Å²) in [5, 5.41) is 22.8. The molecule has 2 N–H and O–H groups in total. The zero-order valence-electron chi connectivity index (χ0n) is 12.8. The quantitative estimate of drug-likeness (QED) is 0.544. The van der Waals surface area contributed by atoms with Crippen LogP contribution in [0, 0.1) is 17.0 Å². The number of rotatable bonds is 4. The number of carboxylic acid groups (broad SMARTS) is 1. The molecule has 0 aliphatic heterocycles. The molecule has 0 saturated carbocycles. The van der Waals surface area contributed by atoms with Gasteiger partial charge in [-0.05, 0) is 30.7 Å². The molecule has 1 aromatic heterocycles. The van der Waals surface area contributed by atoms with E-state index >= 15 is 0 Å². The molecule has 3 rings (SSSR count). The number of aryl methyl sites for hydroxylation is 1. The molecular formula is C16H11N3O5S. The van der Waals surface area contributed by atoms with Crippen molar-refractivity contribution < 1.29 is 19.6 Å². The molecule has 0 saturated heterocycles. The van der Waals surface area contributed by atoms with Gasteiger partial charge in [-0.25, -0.2) is 9.78 Å². The van der Waals surface area contributed by atoms with E-state index in [1.54, 1.807) is 13.0 Å². The van der Waals surface area contributed by atoms with Crippen LogP contribution >= 0.6 is 11.3 Å². The highest BCUT2D eigenvalue weighted by Gasteiger charge is 2.16. The predicted molar refractivity (Wildman–Crippen MR) is 92.4 cm³/mol. The number of thiazole rings is 1. The molecule has 0 atom stereocenters. The first-order chi connectivity index (χ1) is 11.8. The summed E-state index contributed by atoms with van der Waals surface area (Å²) in [6.45, 7) is 1.68. The number of fused-ring (bicyclic) bond motifs is 1. The van der Waals surface area contributed by atoms with Gasteiger partial charge in [-0.2, -0.15) is 0 Å². The minimum absolute atomic E-state index is 0.128. The summed E-state index contributed by atoms with van der Waals surface area (Å²) in [5.74, 6) is -1.56. The van der Waals surface area contributed by atoms with Crippen molar-refractivity contribution in [3.8, 4) is 0 Å². The molecule has 0 aliphatic rings. The number of anilines is 1. The number of nitro benzene ring substituents is 1. The Bertz CT molecular complexity index is 1030. The Morgan fingerprint density at radius 2 is 2.00 bits per heavy atom. The first-order valence-electron chi connectivity index (χ1n) is 7.05. The molecule has 0 bridgehead atoms. The van der Waals surface area contributed by atoms with Crippen molar-refractivity contribution in [3.63, 3.8) is 0 Å². The van der Waals surface area contributed by atoms with Crippen LogP contribution in [-0.2, 0) is 0 Å². The average molecular weight is 357 g/mol. The lowest BCUT2D eigenvalue weighted by atomic mass is 10.1. The topological polar surface area (TPSA) is 122 Å². The highest BCUT2D eigenvalue weighted by molar-refractivity contribution is 7.22. The molecule has 0 aliphatic carbocycles. The number of nitro groups is 1. The number of carboxylic acids is 1. The number of hydrogen-bond donors (Lipinski definition) is 2. The molecule has 0 spiro atoms. The van der Waals surface area contributed by atoms with Gasteiger partial charge in [0.2, 0.25) is 0 Å². The molecule has 0 radical (unpaired) electrons. The predicted octanol–water partition coefficient (Wildman–Crippen LogP) is 3.46. The number of aromatic carboxylic acids is 1. The van der Waals surface area contributed by atoms with Crippen LogP contribution in [0.4, 0.5) is 10.8 Å². The minimum Gasteiger partial charge on any atom is -0.478 e. The van der Waals surface area contributed by atoms with Crippen molar-refractivity contribution >= 4 is 44.2 Å². The van der Waals surface area contributed by atoms with Crippen LogP contribution < -0.4 is 5.32 Å². The monoisotopic (exact) mass is 357 g/mol. The number of carbonyl (C=O) groups is 2. The molecule has 1 heterocycles. The second-order valence-corrected chi connectivity index (χ2v) is 6.25. The van der Waals surface area contributed by atoms with Crippen LogP contribution in [-0.4, -0.2) is 26.9 Å². The van der Waals surface area contributed by atoms with Crippen molar-refractivity contribution in [2.24, 2.45) is 0 Å². The third-order valence-corrected chi connectivity index (χ3v) is 4.47. The molecule has 1 amide bonds. The molecule has 8 nitrogen and oxygen atoms in total. The van der Waals surface area contributed by atoms with Crippen molar-refractivity contribution in [1.29, 1.82) is 0 Å². The molecule has 3 aromatic rings. The van der Waals surface area contributed by atoms with Crippen LogP contribution in [0.25, 0.3) is 10.2 Å². The third kappa shape index (κ3) is 3.31. The molecule has 25 heavy (non-hydrogen) atoms. The van der Waals surface area contributed by atoms with Gasteiger partial charge in [-0.3, -0.25) is 20.2 Å². The van der Waals surface area contributed by atoms with Gasteiger partial charge < -0.3 is 5.11 Å². The number of hydrogen-bond acceptors (Lipinski definition) is 6. The summed E-state index contributed by atoms with van der Waals surface area (Å²) in [7, 11) is 0. The van der Waals surface area contributed by atoms with E-state index in [-0.39, 0.29) is 21.9 Å². The maximum absolute atomic E-state index is 12.4. The highest BCUT2D eigenvalue weighted by atomic mass is 32.1. The number of carbonyl (C=O) groups excluding carboxylic acids is 1. The zero-order chi connectivity index (χ0) is 18.1. The number of non-ortho nitro benzene ring substituents is 1. The summed E-state index contributed by atoms with van der Waals surface area (Å²) in [4.78, 5) is 37.9. The number of aromatic nitrogens is 1. The largest absolute Gasteiger partial charge is 0.478 e. The van der Waals surface area contributed by atoms with Crippen molar-refractivity contribution in [2.75, 3.05) is 5.32 Å². The van der Waals surface area contributed by atoms with Gasteiger partial charge in [0, 0.05) is 17.7 Å². The number of amides is 1. The lowest BCUT2D eigenvalue weighted by Crippen LogP contribution is -2.13. The molecule has 0 unspecified atom stereocenters. The van der Waals surface area contributed by atoms with E-state index in [1.165, 1.54) is 30.3 Å². The van der Waals surface area contributed by atoms with Crippen molar-refractivity contribution in [2.45, 2.75) is 6.92 Å². The maximum atomic E-state index is 12.4. The van der Waals surface area contributed by atoms with Crippen molar-refractivity contribution in [3.05, 3.63) is 63.2 Å². The van der Waals surface area contributed by atoms with E-state index in [9.17, 15) is 19.7 Å². The van der Waals surface area contributed by atoms with E-state index in [4.69, 9.17) is 5.11 Å². The van der Waals surface area contributed by atoms with Gasteiger partial charge in [0.05, 0.1) is 20.7 Å². The van der Waals surface area contributed by atoms with Gasteiger partial charge >= 0.3 is 5.97 Å². The Balaban J connectivity index is 1.90. The molecule has 126 valence electrons. The fourth-order valence-electron chi connectivity index (χ4n) is 2.24. The number of nitrogens with zero attached hydrogens (tertiary/aromatic N) is 2. The minimum atomic E-state index is -1.05. The Labute approximate surface area is 144 Å². The van der Waals surface area contributed by atoms with Gasteiger partial charge in [0.25, 0.3) is 11.6 Å². The van der Waals surface area contributed by atoms with Crippen LogP contribution in [0.5, 0.6) is 0 Å². The standard InChI is InChI=1S/C16H11N3O5S/c1-8-2-4-10(19(23)24)7-11(8)14(20)18-16-17-12-5-3-9(15(21)22)6-13(12)25-16/h2-7H,1H3,(H,21,22)(H,17,18,20). The van der Waals surface area contributed by atoms with E-state index < -0.39 is 16.8 Å². The van der Waals surface area contributed by atoms with E-state index in [0.717, 1.165) is 11.3 Å². The summed E-state index contributed by atoms with van der Waals surface area (Å²) < 4.78 is 0.617. The van der Waals surface area contributed by atoms with Gasteiger partial charge in [-0.15, -0.1) is 0 Å². The Hall–Kier alpha value is -3.33. The average Bonchev–Trinajstić information content (AvgIpc) is 2.95. The fraction of sp³-hybridized carbons (Fsp3) is 0.0625. The van der Waals surface area contributed by atoms with Crippen LogP contribution in [0.2, 0.25) is 0 Å². The summed E-state index contributed by atoms with van der Waals surface area (Å²) in [5.41, 5.74) is 1.29. The van der Waals surface area contributed by atoms with Crippen LogP contribution in [0.1, 0.15) is 26.3 Å². The Morgan fingerprint density at radius 1 is 1.24 bits per heavy atom. The second kappa shape index (κ2) is 6.29.